The second-order valence-corrected chi connectivity index (χ2v) is 8.54. The second-order valence-electron chi connectivity index (χ2n) is 5.42. The molecule has 0 fully saturated rings. The maximum absolute atomic E-state index is 11.8. The Morgan fingerprint density at radius 3 is 3.00 bits per heavy atom. The first-order valence-corrected chi connectivity index (χ1v) is 10.5. The molecule has 2 aromatic rings. The summed E-state index contributed by atoms with van der Waals surface area (Å²) in [5.41, 5.74) is 0.934. The summed E-state index contributed by atoms with van der Waals surface area (Å²) in [6.45, 7) is 5.28. The van der Waals surface area contributed by atoms with Gasteiger partial charge in [0, 0.05) is 23.3 Å². The average molecular weight is 445 g/mol. The Morgan fingerprint density at radius 2 is 2.24 bits per heavy atom. The highest BCUT2D eigenvalue weighted by molar-refractivity contribution is 9.10. The molecule has 1 heterocycles. The van der Waals surface area contributed by atoms with E-state index in [1.54, 1.807) is 0 Å². The number of halogens is 1. The summed E-state index contributed by atoms with van der Waals surface area (Å²) in [6, 6.07) is 7.82. The van der Waals surface area contributed by atoms with Crippen LogP contribution in [0.15, 0.2) is 33.1 Å². The zero-order valence-electron chi connectivity index (χ0n) is 14.1. The van der Waals surface area contributed by atoms with Crippen LogP contribution in [0.5, 0.6) is 0 Å². The van der Waals surface area contributed by atoms with Crippen LogP contribution in [0.25, 0.3) is 0 Å². The number of hydrogen-bond acceptors (Lipinski definition) is 7. The molecule has 25 heavy (non-hydrogen) atoms. The van der Waals surface area contributed by atoms with Crippen LogP contribution in [0.2, 0.25) is 0 Å². The Balaban J connectivity index is 1.68. The summed E-state index contributed by atoms with van der Waals surface area (Å²) < 4.78 is 7.18. The van der Waals surface area contributed by atoms with Gasteiger partial charge >= 0.3 is 0 Å². The van der Waals surface area contributed by atoms with Crippen LogP contribution in [-0.2, 0) is 9.53 Å². The van der Waals surface area contributed by atoms with Crippen LogP contribution >= 0.6 is 39.0 Å². The van der Waals surface area contributed by atoms with Crippen LogP contribution in [-0.4, -0.2) is 41.1 Å². The van der Waals surface area contributed by atoms with E-state index >= 15 is 0 Å². The number of thioether (sulfide) groups is 1. The summed E-state index contributed by atoms with van der Waals surface area (Å²) in [5, 5.41) is 15.0. The summed E-state index contributed by atoms with van der Waals surface area (Å²) in [5.74, 6) is 0.322. The molecular weight excluding hydrogens is 424 g/mol. The van der Waals surface area contributed by atoms with Crippen LogP contribution < -0.4 is 10.6 Å². The maximum Gasteiger partial charge on any atom is 0.230 e. The molecular formula is C16H21BrN4O2S2. The van der Waals surface area contributed by atoms with E-state index in [-0.39, 0.29) is 12.0 Å². The first-order valence-electron chi connectivity index (χ1n) is 7.90. The van der Waals surface area contributed by atoms with Gasteiger partial charge in [-0.15, -0.1) is 10.2 Å². The highest BCUT2D eigenvalue weighted by Crippen LogP contribution is 2.28. The molecule has 0 aliphatic rings. The van der Waals surface area contributed by atoms with Crippen molar-refractivity contribution in [2.24, 2.45) is 0 Å². The molecule has 0 unspecified atom stereocenters. The first-order chi connectivity index (χ1) is 12.0. The van der Waals surface area contributed by atoms with Crippen molar-refractivity contribution in [3.63, 3.8) is 0 Å². The summed E-state index contributed by atoms with van der Waals surface area (Å²) >= 11 is 6.24. The number of carbonyl (C=O) groups is 1. The fraction of sp³-hybridized carbons (Fsp3) is 0.438. The van der Waals surface area contributed by atoms with Crippen molar-refractivity contribution in [3.8, 4) is 0 Å². The largest absolute Gasteiger partial charge is 0.379 e. The number of anilines is 2. The number of hydrogen-bond donors (Lipinski definition) is 2. The third-order valence-corrected chi connectivity index (χ3v) is 5.37. The molecule has 1 amide bonds. The second kappa shape index (κ2) is 10.7. The molecule has 0 saturated heterocycles. The van der Waals surface area contributed by atoms with Crippen molar-refractivity contribution >= 4 is 55.8 Å². The number of amides is 1. The van der Waals surface area contributed by atoms with Gasteiger partial charge in [-0.1, -0.05) is 45.1 Å². The molecule has 0 saturated carbocycles. The molecule has 0 aliphatic heterocycles. The van der Waals surface area contributed by atoms with Crippen LogP contribution in [0.1, 0.15) is 20.3 Å². The molecule has 0 atom stereocenters. The average Bonchev–Trinajstić information content (AvgIpc) is 3.00. The predicted molar refractivity (Wildman–Crippen MR) is 107 cm³/mol. The molecule has 0 aliphatic carbocycles. The van der Waals surface area contributed by atoms with E-state index in [9.17, 15) is 4.79 Å². The Bertz CT molecular complexity index is 682. The Morgan fingerprint density at radius 1 is 1.40 bits per heavy atom. The number of benzene rings is 1. The molecule has 6 nitrogen and oxygen atoms in total. The standard InChI is InChI=1S/C16H21BrN4O2S2/c1-11(2)23-8-4-7-18-14(22)10-24-16-21-20-15(25-16)19-13-6-3-5-12(17)9-13/h3,5-6,9,11H,4,7-8,10H2,1-2H3,(H,18,22)(H,19,20). The number of nitrogens with one attached hydrogen (secondary N) is 2. The topological polar surface area (TPSA) is 76.1 Å². The Labute approximate surface area is 164 Å². The van der Waals surface area contributed by atoms with Crippen LogP contribution in [0.3, 0.4) is 0 Å². The minimum Gasteiger partial charge on any atom is -0.379 e. The zero-order valence-corrected chi connectivity index (χ0v) is 17.3. The normalized spacial score (nSPS) is 10.9. The lowest BCUT2D eigenvalue weighted by Gasteiger charge is -2.07. The van der Waals surface area contributed by atoms with Gasteiger partial charge in [-0.2, -0.15) is 0 Å². The van der Waals surface area contributed by atoms with E-state index < -0.39 is 0 Å². The van der Waals surface area contributed by atoms with Gasteiger partial charge in [0.25, 0.3) is 0 Å². The predicted octanol–water partition coefficient (Wildman–Crippen LogP) is 4.07. The summed E-state index contributed by atoms with van der Waals surface area (Å²) in [4.78, 5) is 11.8. The monoisotopic (exact) mass is 444 g/mol. The van der Waals surface area contributed by atoms with Crippen molar-refractivity contribution in [1.82, 2.24) is 15.5 Å². The molecule has 0 spiro atoms. The quantitative estimate of drug-likeness (QED) is 0.424. The van der Waals surface area contributed by atoms with Crippen LogP contribution in [0.4, 0.5) is 10.8 Å². The molecule has 2 N–H and O–H groups in total. The number of nitrogens with zero attached hydrogens (tertiary/aromatic N) is 2. The van der Waals surface area contributed by atoms with Crippen molar-refractivity contribution in [1.29, 1.82) is 0 Å². The third kappa shape index (κ3) is 8.17. The number of ether oxygens (including phenoxy) is 1. The number of aromatic nitrogens is 2. The Hall–Kier alpha value is -1.16. The number of rotatable bonds is 10. The molecule has 9 heteroatoms. The lowest BCUT2D eigenvalue weighted by molar-refractivity contribution is -0.118. The minimum absolute atomic E-state index is 0.00811. The van der Waals surface area contributed by atoms with Gasteiger partial charge in [0.15, 0.2) is 4.34 Å². The number of carbonyl (C=O) groups excluding carboxylic acids is 1. The van der Waals surface area contributed by atoms with Gasteiger partial charge in [0.1, 0.15) is 0 Å². The lowest BCUT2D eigenvalue weighted by Crippen LogP contribution is -2.27. The SMILES string of the molecule is CC(C)OCCCNC(=O)CSc1nnc(Nc2cccc(Br)c2)s1. The van der Waals surface area contributed by atoms with Gasteiger partial charge in [-0.3, -0.25) is 4.79 Å². The smallest absolute Gasteiger partial charge is 0.230 e. The molecule has 1 aromatic carbocycles. The van der Waals surface area contributed by atoms with E-state index in [1.807, 2.05) is 38.1 Å². The summed E-state index contributed by atoms with van der Waals surface area (Å²) in [6.07, 6.45) is 1.04. The van der Waals surface area contributed by atoms with Gasteiger partial charge in [0.05, 0.1) is 11.9 Å². The van der Waals surface area contributed by atoms with Gasteiger partial charge in [-0.25, -0.2) is 0 Å². The fourth-order valence-corrected chi connectivity index (χ4v) is 3.81. The van der Waals surface area contributed by atoms with E-state index in [1.165, 1.54) is 23.1 Å². The van der Waals surface area contributed by atoms with Crippen molar-refractivity contribution < 1.29 is 9.53 Å². The molecule has 1 aromatic heterocycles. The highest BCUT2D eigenvalue weighted by atomic mass is 79.9. The summed E-state index contributed by atoms with van der Waals surface area (Å²) in [7, 11) is 0. The molecule has 0 radical (unpaired) electrons. The van der Waals surface area contributed by atoms with Gasteiger partial charge in [-0.05, 0) is 38.5 Å². The first kappa shape index (κ1) is 20.2. The van der Waals surface area contributed by atoms with Crippen molar-refractivity contribution in [3.05, 3.63) is 28.7 Å². The zero-order chi connectivity index (χ0) is 18.1. The molecule has 0 bridgehead atoms. The van der Waals surface area contributed by atoms with E-state index in [4.69, 9.17) is 4.74 Å². The van der Waals surface area contributed by atoms with Gasteiger partial charge in [0.2, 0.25) is 11.0 Å². The van der Waals surface area contributed by atoms with Crippen molar-refractivity contribution in [2.75, 3.05) is 24.2 Å². The van der Waals surface area contributed by atoms with Crippen molar-refractivity contribution in [2.45, 2.75) is 30.7 Å². The maximum atomic E-state index is 11.8. The third-order valence-electron chi connectivity index (χ3n) is 2.90. The van der Waals surface area contributed by atoms with E-state index in [2.05, 4.69) is 36.8 Å². The highest BCUT2D eigenvalue weighted by Gasteiger charge is 2.08. The van der Waals surface area contributed by atoms with E-state index in [0.29, 0.717) is 24.0 Å². The lowest BCUT2D eigenvalue weighted by atomic mass is 10.3. The fourth-order valence-electron chi connectivity index (χ4n) is 1.81. The van der Waals surface area contributed by atoms with Crippen LogP contribution in [0, 0.1) is 0 Å². The Kier molecular flexibility index (Phi) is 8.66. The van der Waals surface area contributed by atoms with Gasteiger partial charge < -0.3 is 15.4 Å². The van der Waals surface area contributed by atoms with E-state index in [0.717, 1.165) is 20.9 Å². The molecule has 2 rings (SSSR count). The minimum atomic E-state index is -0.00811. The molecule has 136 valence electrons.